The summed E-state index contributed by atoms with van der Waals surface area (Å²) in [6.45, 7) is 4.01. The van der Waals surface area contributed by atoms with Crippen LogP contribution in [-0.2, 0) is 14.8 Å². The second kappa shape index (κ2) is 12.0. The van der Waals surface area contributed by atoms with E-state index in [2.05, 4.69) is 4.90 Å². The lowest BCUT2D eigenvalue weighted by molar-refractivity contribution is -0.123. The van der Waals surface area contributed by atoms with Crippen LogP contribution in [0.4, 0.5) is 5.13 Å². The molecule has 206 valence electrons. The topological polar surface area (TPSA) is 92.3 Å². The van der Waals surface area contributed by atoms with Gasteiger partial charge in [-0.2, -0.15) is 4.31 Å². The number of amides is 1. The number of aromatic nitrogens is 1. The van der Waals surface area contributed by atoms with E-state index in [-0.39, 0.29) is 16.7 Å². The molecule has 0 spiro atoms. The number of hydrogen-bond acceptors (Lipinski definition) is 8. The third kappa shape index (κ3) is 5.96. The fourth-order valence-corrected chi connectivity index (χ4v) is 7.24. The second-order valence-electron chi connectivity index (χ2n) is 9.76. The van der Waals surface area contributed by atoms with Crippen molar-refractivity contribution in [2.24, 2.45) is 5.92 Å². The van der Waals surface area contributed by atoms with Gasteiger partial charge in [0.05, 0.1) is 23.8 Å². The molecule has 0 atom stereocenters. The fraction of sp³-hybridized carbons (Fsp3) is 0.481. The SMILES string of the molecule is COc1ccc(S(=O)(=O)N2CCC(C(=O)N(CCCN(C)C)c3nc4c(OC)ccc(C)c4s3)CC2)cc1. The largest absolute Gasteiger partial charge is 0.497 e. The Hall–Kier alpha value is -2.73. The van der Waals surface area contributed by atoms with Gasteiger partial charge in [-0.15, -0.1) is 0 Å². The number of thiazole rings is 1. The number of benzene rings is 2. The van der Waals surface area contributed by atoms with Gasteiger partial charge in [-0.3, -0.25) is 9.69 Å². The Labute approximate surface area is 229 Å². The Morgan fingerprint density at radius 1 is 1.05 bits per heavy atom. The number of carbonyl (C=O) groups is 1. The molecule has 2 heterocycles. The predicted molar refractivity (Wildman–Crippen MR) is 151 cm³/mol. The van der Waals surface area contributed by atoms with Gasteiger partial charge < -0.3 is 14.4 Å². The van der Waals surface area contributed by atoms with Crippen LogP contribution in [0.15, 0.2) is 41.3 Å². The van der Waals surface area contributed by atoms with Crippen LogP contribution in [0.5, 0.6) is 11.5 Å². The molecule has 0 radical (unpaired) electrons. The fourth-order valence-electron chi connectivity index (χ4n) is 4.68. The summed E-state index contributed by atoms with van der Waals surface area (Å²) in [5.41, 5.74) is 1.85. The Morgan fingerprint density at radius 2 is 1.74 bits per heavy atom. The zero-order valence-corrected chi connectivity index (χ0v) is 24.3. The number of nitrogens with zero attached hydrogens (tertiary/aromatic N) is 4. The van der Waals surface area contributed by atoms with Crippen LogP contribution < -0.4 is 14.4 Å². The number of anilines is 1. The number of sulfonamides is 1. The van der Waals surface area contributed by atoms with Crippen LogP contribution in [0, 0.1) is 12.8 Å². The minimum absolute atomic E-state index is 0.000859. The first-order valence-electron chi connectivity index (χ1n) is 12.7. The highest BCUT2D eigenvalue weighted by atomic mass is 32.2. The van der Waals surface area contributed by atoms with Crippen molar-refractivity contribution in [1.82, 2.24) is 14.2 Å². The number of carbonyl (C=O) groups excluding carboxylic acids is 1. The van der Waals surface area contributed by atoms with E-state index in [0.717, 1.165) is 28.7 Å². The quantitative estimate of drug-likeness (QED) is 0.370. The van der Waals surface area contributed by atoms with Crippen LogP contribution in [0.25, 0.3) is 10.2 Å². The molecule has 1 aliphatic heterocycles. The number of piperidine rings is 1. The number of methoxy groups -OCH3 is 2. The minimum Gasteiger partial charge on any atom is -0.497 e. The smallest absolute Gasteiger partial charge is 0.243 e. The van der Waals surface area contributed by atoms with Crippen LogP contribution in [0.1, 0.15) is 24.8 Å². The minimum atomic E-state index is -3.64. The summed E-state index contributed by atoms with van der Waals surface area (Å²) in [5, 5.41) is 0.657. The van der Waals surface area contributed by atoms with Gasteiger partial charge in [-0.25, -0.2) is 13.4 Å². The van der Waals surface area contributed by atoms with Crippen LogP contribution in [0.3, 0.4) is 0 Å². The van der Waals surface area contributed by atoms with E-state index >= 15 is 0 Å². The Bertz CT molecular complexity index is 1360. The normalized spacial score (nSPS) is 15.2. The van der Waals surface area contributed by atoms with Crippen molar-refractivity contribution in [2.75, 3.05) is 59.4 Å². The highest BCUT2D eigenvalue weighted by Gasteiger charge is 2.35. The zero-order valence-electron chi connectivity index (χ0n) is 22.6. The van der Waals surface area contributed by atoms with E-state index in [0.29, 0.717) is 49.1 Å². The van der Waals surface area contributed by atoms with Gasteiger partial charge in [0, 0.05) is 25.6 Å². The third-order valence-corrected chi connectivity index (χ3v) is 10.0. The maximum atomic E-state index is 13.9. The molecule has 1 aromatic heterocycles. The summed E-state index contributed by atoms with van der Waals surface area (Å²) in [4.78, 5) is 22.8. The second-order valence-corrected chi connectivity index (χ2v) is 12.7. The molecule has 1 saturated heterocycles. The van der Waals surface area contributed by atoms with Gasteiger partial charge in [-0.1, -0.05) is 17.4 Å². The highest BCUT2D eigenvalue weighted by molar-refractivity contribution is 7.89. The first-order valence-corrected chi connectivity index (χ1v) is 15.0. The summed E-state index contributed by atoms with van der Waals surface area (Å²) in [5.74, 6) is 1.02. The monoisotopic (exact) mass is 560 g/mol. The summed E-state index contributed by atoms with van der Waals surface area (Å²) < 4.78 is 39.5. The average Bonchev–Trinajstić information content (AvgIpc) is 3.37. The Morgan fingerprint density at radius 3 is 2.34 bits per heavy atom. The van der Waals surface area contributed by atoms with Crippen molar-refractivity contribution in [2.45, 2.75) is 31.1 Å². The Kier molecular flexibility index (Phi) is 8.92. The van der Waals surface area contributed by atoms with Gasteiger partial charge in [0.25, 0.3) is 0 Å². The summed E-state index contributed by atoms with van der Waals surface area (Å²) >= 11 is 1.50. The molecule has 0 aliphatic carbocycles. The van der Waals surface area contributed by atoms with E-state index in [1.54, 1.807) is 43.4 Å². The molecule has 9 nitrogen and oxygen atoms in total. The first kappa shape index (κ1) is 28.3. The molecule has 2 aromatic carbocycles. The molecule has 1 fully saturated rings. The van der Waals surface area contributed by atoms with Gasteiger partial charge in [0.15, 0.2) is 5.13 Å². The van der Waals surface area contributed by atoms with Gasteiger partial charge in [0.2, 0.25) is 15.9 Å². The number of fused-ring (bicyclic) bond motifs is 1. The van der Waals surface area contributed by atoms with E-state index in [1.165, 1.54) is 15.6 Å². The van der Waals surface area contributed by atoms with Crippen molar-refractivity contribution in [3.8, 4) is 11.5 Å². The Balaban J connectivity index is 1.53. The molecule has 0 bridgehead atoms. The zero-order chi connectivity index (χ0) is 27.4. The van der Waals surface area contributed by atoms with Crippen LogP contribution >= 0.6 is 11.3 Å². The molecular formula is C27H36N4O5S2. The van der Waals surface area contributed by atoms with Gasteiger partial charge in [0.1, 0.15) is 17.0 Å². The maximum absolute atomic E-state index is 13.9. The van der Waals surface area contributed by atoms with E-state index in [1.807, 2.05) is 33.2 Å². The van der Waals surface area contributed by atoms with E-state index in [4.69, 9.17) is 14.5 Å². The predicted octanol–water partition coefficient (Wildman–Crippen LogP) is 4.01. The highest BCUT2D eigenvalue weighted by Crippen LogP contribution is 2.37. The molecule has 11 heteroatoms. The standard InChI is InChI=1S/C27H36N4O5S2/c1-19-7-12-23(36-5)24-25(19)37-27(28-24)31(16-6-15-29(2)3)26(32)20-13-17-30(18-14-20)38(33,34)22-10-8-21(35-4)9-11-22/h7-12,20H,6,13-18H2,1-5H3. The molecule has 1 aliphatic rings. The van der Waals surface area contributed by atoms with Crippen molar-refractivity contribution in [3.63, 3.8) is 0 Å². The maximum Gasteiger partial charge on any atom is 0.243 e. The summed E-state index contributed by atoms with van der Waals surface area (Å²) in [6, 6.07) is 10.3. The lowest BCUT2D eigenvalue weighted by Gasteiger charge is -2.33. The molecule has 1 amide bonds. The van der Waals surface area contributed by atoms with Crippen molar-refractivity contribution < 1.29 is 22.7 Å². The summed E-state index contributed by atoms with van der Waals surface area (Å²) in [6.07, 6.45) is 1.73. The van der Waals surface area contributed by atoms with Crippen LogP contribution in [-0.4, -0.2) is 83.0 Å². The molecule has 38 heavy (non-hydrogen) atoms. The van der Waals surface area contributed by atoms with Crippen molar-refractivity contribution in [3.05, 3.63) is 42.0 Å². The number of rotatable bonds is 10. The van der Waals surface area contributed by atoms with Gasteiger partial charge in [-0.05, 0) is 82.7 Å². The van der Waals surface area contributed by atoms with Crippen LogP contribution in [0.2, 0.25) is 0 Å². The lowest BCUT2D eigenvalue weighted by Crippen LogP contribution is -2.45. The average molecular weight is 561 g/mol. The molecule has 4 rings (SSSR count). The third-order valence-electron chi connectivity index (χ3n) is 6.90. The molecule has 0 N–H and O–H groups in total. The van der Waals surface area contributed by atoms with E-state index in [9.17, 15) is 13.2 Å². The van der Waals surface area contributed by atoms with Crippen molar-refractivity contribution >= 4 is 42.6 Å². The number of hydrogen-bond donors (Lipinski definition) is 0. The molecule has 0 saturated carbocycles. The lowest BCUT2D eigenvalue weighted by atomic mass is 9.96. The number of ether oxygens (including phenoxy) is 2. The number of aryl methyl sites for hydroxylation is 1. The molecule has 0 unspecified atom stereocenters. The molecular weight excluding hydrogens is 524 g/mol. The van der Waals surface area contributed by atoms with E-state index < -0.39 is 10.0 Å². The first-order chi connectivity index (χ1) is 18.1. The summed E-state index contributed by atoms with van der Waals surface area (Å²) in [7, 11) is 3.55. The van der Waals surface area contributed by atoms with Gasteiger partial charge >= 0.3 is 0 Å². The molecule has 3 aromatic rings. The van der Waals surface area contributed by atoms with Crippen molar-refractivity contribution in [1.29, 1.82) is 0 Å².